The van der Waals surface area contributed by atoms with Crippen molar-refractivity contribution in [3.8, 4) is 5.75 Å². The SMILES string of the molecule is CCOc1ccc(C(=O)OCC(=O)Nc2ccc(N3CCCC3=O)cc2)cc1. The zero-order chi connectivity index (χ0) is 19.9. The van der Waals surface area contributed by atoms with Crippen LogP contribution in [-0.2, 0) is 14.3 Å². The number of hydrogen-bond donors (Lipinski definition) is 1. The van der Waals surface area contributed by atoms with Gasteiger partial charge in [0.2, 0.25) is 5.91 Å². The van der Waals surface area contributed by atoms with Crippen molar-refractivity contribution >= 4 is 29.2 Å². The summed E-state index contributed by atoms with van der Waals surface area (Å²) < 4.78 is 10.4. The molecule has 0 unspecified atom stereocenters. The number of nitrogens with zero attached hydrogens (tertiary/aromatic N) is 1. The molecule has 7 heteroatoms. The summed E-state index contributed by atoms with van der Waals surface area (Å²) in [6.45, 7) is 2.74. The molecule has 1 N–H and O–H groups in total. The quantitative estimate of drug-likeness (QED) is 0.744. The molecular weight excluding hydrogens is 360 g/mol. The largest absolute Gasteiger partial charge is 0.494 e. The van der Waals surface area contributed by atoms with Gasteiger partial charge in [-0.05, 0) is 61.9 Å². The number of anilines is 2. The molecule has 1 heterocycles. The van der Waals surface area contributed by atoms with E-state index in [1.54, 1.807) is 53.4 Å². The number of esters is 1. The first-order valence-electron chi connectivity index (χ1n) is 9.17. The van der Waals surface area contributed by atoms with Crippen LogP contribution in [0.4, 0.5) is 11.4 Å². The third kappa shape index (κ3) is 4.88. The maximum absolute atomic E-state index is 12.0. The fourth-order valence-corrected chi connectivity index (χ4v) is 2.91. The van der Waals surface area contributed by atoms with Gasteiger partial charge in [0, 0.05) is 24.3 Å². The van der Waals surface area contributed by atoms with E-state index in [0.29, 0.717) is 36.6 Å². The second-order valence-electron chi connectivity index (χ2n) is 6.28. The molecule has 1 aliphatic heterocycles. The predicted octanol–water partition coefficient (Wildman–Crippen LogP) is 3.01. The van der Waals surface area contributed by atoms with E-state index in [-0.39, 0.29) is 5.91 Å². The molecule has 0 aliphatic carbocycles. The molecule has 0 aromatic heterocycles. The van der Waals surface area contributed by atoms with Crippen molar-refractivity contribution in [1.29, 1.82) is 0 Å². The van der Waals surface area contributed by atoms with Gasteiger partial charge in [0.1, 0.15) is 5.75 Å². The zero-order valence-corrected chi connectivity index (χ0v) is 15.6. The van der Waals surface area contributed by atoms with Crippen molar-refractivity contribution in [2.45, 2.75) is 19.8 Å². The highest BCUT2D eigenvalue weighted by atomic mass is 16.5. The molecule has 3 rings (SSSR count). The molecule has 0 saturated carbocycles. The molecule has 2 aromatic carbocycles. The second-order valence-corrected chi connectivity index (χ2v) is 6.28. The van der Waals surface area contributed by atoms with Crippen molar-refractivity contribution in [3.63, 3.8) is 0 Å². The Hall–Kier alpha value is -3.35. The fraction of sp³-hybridized carbons (Fsp3) is 0.286. The van der Waals surface area contributed by atoms with E-state index in [1.165, 1.54) is 0 Å². The first kappa shape index (κ1) is 19.4. The highest BCUT2D eigenvalue weighted by molar-refractivity contribution is 5.97. The van der Waals surface area contributed by atoms with E-state index < -0.39 is 18.5 Å². The molecule has 7 nitrogen and oxygen atoms in total. The number of hydrogen-bond acceptors (Lipinski definition) is 5. The van der Waals surface area contributed by atoms with Crippen molar-refractivity contribution in [3.05, 3.63) is 54.1 Å². The molecule has 1 fully saturated rings. The molecule has 146 valence electrons. The lowest BCUT2D eigenvalue weighted by Gasteiger charge is -2.16. The van der Waals surface area contributed by atoms with Crippen molar-refractivity contribution < 1.29 is 23.9 Å². The van der Waals surface area contributed by atoms with Crippen LogP contribution in [0.25, 0.3) is 0 Å². The number of carbonyl (C=O) groups is 3. The smallest absolute Gasteiger partial charge is 0.338 e. The monoisotopic (exact) mass is 382 g/mol. The van der Waals surface area contributed by atoms with Gasteiger partial charge in [-0.3, -0.25) is 9.59 Å². The van der Waals surface area contributed by atoms with E-state index >= 15 is 0 Å². The third-order valence-corrected chi connectivity index (χ3v) is 4.27. The van der Waals surface area contributed by atoms with E-state index in [4.69, 9.17) is 9.47 Å². The summed E-state index contributed by atoms with van der Waals surface area (Å²) in [5.74, 6) is -0.251. The maximum Gasteiger partial charge on any atom is 0.338 e. The molecule has 1 aliphatic rings. The van der Waals surface area contributed by atoms with Crippen LogP contribution in [0.3, 0.4) is 0 Å². The molecule has 0 spiro atoms. The van der Waals surface area contributed by atoms with Crippen molar-refractivity contribution in [2.24, 2.45) is 0 Å². The zero-order valence-electron chi connectivity index (χ0n) is 15.6. The number of benzene rings is 2. The number of amides is 2. The average molecular weight is 382 g/mol. The van der Waals surface area contributed by atoms with E-state index in [1.807, 2.05) is 6.92 Å². The van der Waals surface area contributed by atoms with E-state index in [2.05, 4.69) is 5.32 Å². The van der Waals surface area contributed by atoms with Crippen LogP contribution in [0.5, 0.6) is 5.75 Å². The first-order valence-corrected chi connectivity index (χ1v) is 9.17. The Morgan fingerprint density at radius 3 is 2.39 bits per heavy atom. The van der Waals surface area contributed by atoms with Gasteiger partial charge in [-0.1, -0.05) is 0 Å². The van der Waals surface area contributed by atoms with Crippen molar-refractivity contribution in [1.82, 2.24) is 0 Å². The van der Waals surface area contributed by atoms with Crippen LogP contribution in [0, 0.1) is 0 Å². The predicted molar refractivity (Wildman–Crippen MR) is 105 cm³/mol. The van der Waals surface area contributed by atoms with Crippen LogP contribution in [-0.4, -0.2) is 37.5 Å². The van der Waals surface area contributed by atoms with Gasteiger partial charge >= 0.3 is 5.97 Å². The second kappa shape index (κ2) is 9.03. The summed E-state index contributed by atoms with van der Waals surface area (Å²) in [4.78, 5) is 37.5. The third-order valence-electron chi connectivity index (χ3n) is 4.27. The summed E-state index contributed by atoms with van der Waals surface area (Å²) in [7, 11) is 0. The van der Waals surface area contributed by atoms with Crippen LogP contribution in [0.15, 0.2) is 48.5 Å². The highest BCUT2D eigenvalue weighted by Gasteiger charge is 2.21. The summed E-state index contributed by atoms with van der Waals surface area (Å²) in [6.07, 6.45) is 1.43. The Morgan fingerprint density at radius 2 is 1.79 bits per heavy atom. The Labute approximate surface area is 163 Å². The molecule has 0 atom stereocenters. The summed E-state index contributed by atoms with van der Waals surface area (Å²) >= 11 is 0. The lowest BCUT2D eigenvalue weighted by Crippen LogP contribution is -2.23. The average Bonchev–Trinajstić information content (AvgIpc) is 3.13. The van der Waals surface area contributed by atoms with Gasteiger partial charge in [-0.25, -0.2) is 4.79 Å². The standard InChI is InChI=1S/C21H22N2O5/c1-2-27-18-11-5-15(6-12-18)21(26)28-14-19(24)22-16-7-9-17(10-8-16)23-13-3-4-20(23)25/h5-12H,2-4,13-14H2,1H3,(H,22,24). The number of carbonyl (C=O) groups excluding carboxylic acids is 3. The van der Waals surface area contributed by atoms with Crippen LogP contribution in [0.1, 0.15) is 30.1 Å². The number of rotatable bonds is 7. The van der Waals surface area contributed by atoms with E-state index in [0.717, 1.165) is 12.1 Å². The lowest BCUT2D eigenvalue weighted by atomic mass is 10.2. The Kier molecular flexibility index (Phi) is 6.26. The van der Waals surface area contributed by atoms with Gasteiger partial charge in [-0.2, -0.15) is 0 Å². The molecule has 2 amide bonds. The minimum Gasteiger partial charge on any atom is -0.494 e. The summed E-state index contributed by atoms with van der Waals surface area (Å²) in [6, 6.07) is 13.5. The fourth-order valence-electron chi connectivity index (χ4n) is 2.91. The summed E-state index contributed by atoms with van der Waals surface area (Å²) in [5.41, 5.74) is 1.72. The molecule has 0 bridgehead atoms. The maximum atomic E-state index is 12.0. The Bertz CT molecular complexity index is 846. The van der Waals surface area contributed by atoms with Gasteiger partial charge in [-0.15, -0.1) is 0 Å². The lowest BCUT2D eigenvalue weighted by molar-refractivity contribution is -0.119. The molecule has 28 heavy (non-hydrogen) atoms. The van der Waals surface area contributed by atoms with Crippen molar-refractivity contribution in [2.75, 3.05) is 30.0 Å². The van der Waals surface area contributed by atoms with Crippen LogP contribution < -0.4 is 15.0 Å². The van der Waals surface area contributed by atoms with Gasteiger partial charge < -0.3 is 19.7 Å². The minimum absolute atomic E-state index is 0.109. The number of ether oxygens (including phenoxy) is 2. The topological polar surface area (TPSA) is 84.9 Å². The molecular formula is C21H22N2O5. The molecule has 0 radical (unpaired) electrons. The number of nitrogens with one attached hydrogen (secondary N) is 1. The molecule has 1 saturated heterocycles. The van der Waals surface area contributed by atoms with Crippen LogP contribution >= 0.6 is 0 Å². The Morgan fingerprint density at radius 1 is 1.07 bits per heavy atom. The van der Waals surface area contributed by atoms with Gasteiger partial charge in [0.05, 0.1) is 12.2 Å². The minimum atomic E-state index is -0.582. The Balaban J connectivity index is 1.48. The molecule has 2 aromatic rings. The first-order chi connectivity index (χ1) is 13.6. The summed E-state index contributed by atoms with van der Waals surface area (Å²) in [5, 5.41) is 2.66. The van der Waals surface area contributed by atoms with Gasteiger partial charge in [0.15, 0.2) is 6.61 Å². The van der Waals surface area contributed by atoms with Crippen LogP contribution in [0.2, 0.25) is 0 Å². The normalized spacial score (nSPS) is 13.3. The van der Waals surface area contributed by atoms with Gasteiger partial charge in [0.25, 0.3) is 5.91 Å². The van der Waals surface area contributed by atoms with E-state index in [9.17, 15) is 14.4 Å². The highest BCUT2D eigenvalue weighted by Crippen LogP contribution is 2.23.